The van der Waals surface area contributed by atoms with Crippen molar-refractivity contribution < 1.29 is 4.79 Å². The molecule has 1 aromatic carbocycles. The van der Waals surface area contributed by atoms with Crippen molar-refractivity contribution in [2.45, 2.75) is 13.3 Å². The van der Waals surface area contributed by atoms with Crippen LogP contribution in [0.25, 0.3) is 0 Å². The maximum absolute atomic E-state index is 12.1. The molecule has 0 unspecified atom stereocenters. The minimum atomic E-state index is 0.0234. The number of hydrogen-bond acceptors (Lipinski definition) is 3. The van der Waals surface area contributed by atoms with Crippen molar-refractivity contribution in [1.29, 1.82) is 0 Å². The number of nitrogens with zero attached hydrogens (tertiary/aromatic N) is 3. The van der Waals surface area contributed by atoms with E-state index in [0.717, 1.165) is 5.56 Å². The fourth-order valence-corrected chi connectivity index (χ4v) is 1.89. The third-order valence-electron chi connectivity index (χ3n) is 2.61. The first kappa shape index (κ1) is 11.8. The third-order valence-corrected chi connectivity index (χ3v) is 2.85. The molecule has 5 heteroatoms. The van der Waals surface area contributed by atoms with E-state index in [1.807, 2.05) is 6.92 Å². The maximum Gasteiger partial charge on any atom is 0.170 e. The van der Waals surface area contributed by atoms with Gasteiger partial charge in [-0.3, -0.25) is 9.48 Å². The minimum absolute atomic E-state index is 0.0234. The highest BCUT2D eigenvalue weighted by Gasteiger charge is 2.13. The van der Waals surface area contributed by atoms with Crippen LogP contribution in [0, 0.1) is 6.92 Å². The molecular weight excluding hydrogens is 238 g/mol. The highest BCUT2D eigenvalue weighted by molar-refractivity contribution is 6.30. The molecule has 0 aliphatic heterocycles. The average molecular weight is 250 g/mol. The van der Waals surface area contributed by atoms with E-state index in [4.69, 9.17) is 11.6 Å². The van der Waals surface area contributed by atoms with Gasteiger partial charge in [-0.05, 0) is 30.7 Å². The van der Waals surface area contributed by atoms with Crippen molar-refractivity contribution in [2.24, 2.45) is 7.05 Å². The summed E-state index contributed by atoms with van der Waals surface area (Å²) in [4.78, 5) is 16.1. The van der Waals surface area contributed by atoms with Gasteiger partial charge in [0.1, 0.15) is 12.2 Å². The molecule has 0 bridgehead atoms. The van der Waals surface area contributed by atoms with Gasteiger partial charge in [-0.15, -0.1) is 0 Å². The second-order valence-electron chi connectivity index (χ2n) is 3.86. The summed E-state index contributed by atoms with van der Waals surface area (Å²) in [6.45, 7) is 1.87. The topological polar surface area (TPSA) is 47.8 Å². The first-order valence-electron chi connectivity index (χ1n) is 5.20. The zero-order valence-electron chi connectivity index (χ0n) is 9.64. The number of aromatic nitrogens is 3. The second kappa shape index (κ2) is 4.67. The van der Waals surface area contributed by atoms with Crippen molar-refractivity contribution in [3.63, 3.8) is 0 Å². The molecule has 17 heavy (non-hydrogen) atoms. The monoisotopic (exact) mass is 249 g/mol. The third kappa shape index (κ3) is 2.53. The van der Waals surface area contributed by atoms with E-state index in [-0.39, 0.29) is 12.2 Å². The molecule has 0 N–H and O–H groups in total. The predicted molar refractivity (Wildman–Crippen MR) is 65.2 cm³/mol. The van der Waals surface area contributed by atoms with E-state index in [1.54, 1.807) is 29.9 Å². The Bertz CT molecular complexity index is 563. The fraction of sp³-hybridized carbons (Fsp3) is 0.250. The second-order valence-corrected chi connectivity index (χ2v) is 4.30. The minimum Gasteiger partial charge on any atom is -0.294 e. The Morgan fingerprint density at radius 3 is 2.82 bits per heavy atom. The standard InChI is InChI=1S/C12H12ClN3O/c1-8-5-9(13)3-4-10(8)11(17)6-12-14-7-15-16(12)2/h3-5,7H,6H2,1-2H3. The highest BCUT2D eigenvalue weighted by Crippen LogP contribution is 2.16. The molecule has 2 rings (SSSR count). The van der Waals surface area contributed by atoms with Gasteiger partial charge < -0.3 is 0 Å². The molecule has 0 aliphatic rings. The summed E-state index contributed by atoms with van der Waals surface area (Å²) in [5.74, 6) is 0.680. The number of carbonyl (C=O) groups excluding carboxylic acids is 1. The predicted octanol–water partition coefficient (Wildman–Crippen LogP) is 2.20. The Kier molecular flexibility index (Phi) is 3.24. The van der Waals surface area contributed by atoms with E-state index < -0.39 is 0 Å². The van der Waals surface area contributed by atoms with Gasteiger partial charge in [-0.2, -0.15) is 5.10 Å². The largest absolute Gasteiger partial charge is 0.294 e. The molecule has 0 saturated carbocycles. The lowest BCUT2D eigenvalue weighted by Gasteiger charge is -2.05. The number of hydrogen-bond donors (Lipinski definition) is 0. The summed E-state index contributed by atoms with van der Waals surface area (Å²) in [6, 6.07) is 5.25. The van der Waals surface area contributed by atoms with Gasteiger partial charge in [-0.1, -0.05) is 11.6 Å². The van der Waals surface area contributed by atoms with Crippen molar-refractivity contribution in [3.05, 3.63) is 46.5 Å². The Morgan fingerprint density at radius 1 is 1.47 bits per heavy atom. The number of ketones is 1. The molecule has 0 radical (unpaired) electrons. The summed E-state index contributed by atoms with van der Waals surface area (Å²) >= 11 is 5.85. The Balaban J connectivity index is 2.23. The van der Waals surface area contributed by atoms with Gasteiger partial charge in [0.25, 0.3) is 0 Å². The van der Waals surface area contributed by atoms with Gasteiger partial charge in [0.05, 0.1) is 6.42 Å². The zero-order chi connectivity index (χ0) is 12.4. The average Bonchev–Trinajstić information content (AvgIpc) is 2.64. The quantitative estimate of drug-likeness (QED) is 0.784. The van der Waals surface area contributed by atoms with Crippen LogP contribution in [0.3, 0.4) is 0 Å². The van der Waals surface area contributed by atoms with E-state index in [0.29, 0.717) is 16.4 Å². The lowest BCUT2D eigenvalue weighted by Crippen LogP contribution is -2.10. The highest BCUT2D eigenvalue weighted by atomic mass is 35.5. The molecule has 0 spiro atoms. The molecule has 88 valence electrons. The van der Waals surface area contributed by atoms with E-state index in [2.05, 4.69) is 10.1 Å². The lowest BCUT2D eigenvalue weighted by atomic mass is 10.0. The van der Waals surface area contributed by atoms with Gasteiger partial charge in [0.15, 0.2) is 5.78 Å². The van der Waals surface area contributed by atoms with Gasteiger partial charge in [-0.25, -0.2) is 4.98 Å². The smallest absolute Gasteiger partial charge is 0.170 e. The van der Waals surface area contributed by atoms with E-state index in [9.17, 15) is 4.79 Å². The fourth-order valence-electron chi connectivity index (χ4n) is 1.66. The summed E-state index contributed by atoms with van der Waals surface area (Å²) in [7, 11) is 1.77. The van der Waals surface area contributed by atoms with Crippen molar-refractivity contribution in [1.82, 2.24) is 14.8 Å². The van der Waals surface area contributed by atoms with Crippen LogP contribution in [-0.2, 0) is 13.5 Å². The van der Waals surface area contributed by atoms with Crippen LogP contribution in [0.15, 0.2) is 24.5 Å². The molecule has 0 fully saturated rings. The van der Waals surface area contributed by atoms with Crippen LogP contribution in [0.2, 0.25) is 5.02 Å². The summed E-state index contributed by atoms with van der Waals surface area (Å²) < 4.78 is 1.60. The molecule has 4 nitrogen and oxygen atoms in total. The van der Waals surface area contributed by atoms with Crippen LogP contribution in [-0.4, -0.2) is 20.5 Å². The summed E-state index contributed by atoms with van der Waals surface area (Å²) in [5.41, 5.74) is 1.56. The molecular formula is C12H12ClN3O. The Labute approximate surface area is 104 Å². The summed E-state index contributed by atoms with van der Waals surface area (Å²) in [5, 5.41) is 4.57. The normalized spacial score (nSPS) is 10.5. The number of Topliss-reactive ketones (excluding diaryl/α,β-unsaturated/α-hetero) is 1. The SMILES string of the molecule is Cc1cc(Cl)ccc1C(=O)Cc1ncnn1C. The lowest BCUT2D eigenvalue weighted by molar-refractivity contribution is 0.0989. The van der Waals surface area contributed by atoms with Crippen molar-refractivity contribution in [2.75, 3.05) is 0 Å². The molecule has 1 aromatic heterocycles. The molecule has 1 heterocycles. The zero-order valence-corrected chi connectivity index (χ0v) is 10.4. The van der Waals surface area contributed by atoms with Crippen LogP contribution in [0.1, 0.15) is 21.7 Å². The van der Waals surface area contributed by atoms with Crippen LogP contribution >= 0.6 is 11.6 Å². The van der Waals surface area contributed by atoms with E-state index >= 15 is 0 Å². The Hall–Kier alpha value is -1.68. The first-order valence-corrected chi connectivity index (χ1v) is 5.58. The van der Waals surface area contributed by atoms with Gasteiger partial charge >= 0.3 is 0 Å². The Morgan fingerprint density at radius 2 is 2.24 bits per heavy atom. The van der Waals surface area contributed by atoms with Gasteiger partial charge in [0, 0.05) is 17.6 Å². The van der Waals surface area contributed by atoms with Crippen molar-refractivity contribution in [3.8, 4) is 0 Å². The number of carbonyl (C=O) groups is 1. The van der Waals surface area contributed by atoms with Crippen LogP contribution in [0.4, 0.5) is 0 Å². The van der Waals surface area contributed by atoms with Crippen LogP contribution in [0.5, 0.6) is 0 Å². The number of aryl methyl sites for hydroxylation is 2. The van der Waals surface area contributed by atoms with Crippen molar-refractivity contribution >= 4 is 17.4 Å². The molecule has 0 atom stereocenters. The van der Waals surface area contributed by atoms with E-state index in [1.165, 1.54) is 6.33 Å². The van der Waals surface area contributed by atoms with Gasteiger partial charge in [0.2, 0.25) is 0 Å². The molecule has 2 aromatic rings. The number of benzene rings is 1. The number of halogens is 1. The molecule has 0 aliphatic carbocycles. The summed E-state index contributed by atoms with van der Waals surface area (Å²) in [6.07, 6.45) is 1.69. The maximum atomic E-state index is 12.1. The van der Waals surface area contributed by atoms with Crippen LogP contribution < -0.4 is 0 Å². The number of rotatable bonds is 3. The molecule has 0 saturated heterocycles. The molecule has 0 amide bonds. The first-order chi connectivity index (χ1) is 8.08.